The summed E-state index contributed by atoms with van der Waals surface area (Å²) < 4.78 is 0. The lowest BCUT2D eigenvalue weighted by Crippen LogP contribution is -2.58. The van der Waals surface area contributed by atoms with Gasteiger partial charge in [0.1, 0.15) is 0 Å². The summed E-state index contributed by atoms with van der Waals surface area (Å²) in [6, 6.07) is 0.350. The second-order valence-electron chi connectivity index (χ2n) is 6.91. The van der Waals surface area contributed by atoms with Crippen LogP contribution in [0.4, 0.5) is 0 Å². The lowest BCUT2D eigenvalue weighted by atomic mass is 9.73. The third kappa shape index (κ3) is 2.85. The lowest BCUT2D eigenvalue weighted by Gasteiger charge is -2.45. The summed E-state index contributed by atoms with van der Waals surface area (Å²) in [7, 11) is 0. The van der Waals surface area contributed by atoms with Crippen molar-refractivity contribution in [1.29, 1.82) is 0 Å². The van der Waals surface area contributed by atoms with Crippen molar-refractivity contribution >= 4 is 0 Å². The molecule has 3 atom stereocenters. The van der Waals surface area contributed by atoms with Gasteiger partial charge < -0.3 is 5.73 Å². The standard InChI is InChI=1S/C15H30N2/c1-12-7-6-8-13(11-12)14(16)15(2,3)17-9-4-5-10-17/h12-14H,4-11,16H2,1-3H3. The van der Waals surface area contributed by atoms with Crippen LogP contribution in [0.15, 0.2) is 0 Å². The molecule has 3 unspecified atom stereocenters. The van der Waals surface area contributed by atoms with Gasteiger partial charge in [0.15, 0.2) is 0 Å². The Morgan fingerprint density at radius 1 is 1.12 bits per heavy atom. The smallest absolute Gasteiger partial charge is 0.0306 e. The zero-order valence-electron chi connectivity index (χ0n) is 11.9. The number of likely N-dealkylation sites (tertiary alicyclic amines) is 1. The lowest BCUT2D eigenvalue weighted by molar-refractivity contribution is 0.0778. The maximum absolute atomic E-state index is 6.63. The number of hydrogen-bond acceptors (Lipinski definition) is 2. The number of hydrogen-bond donors (Lipinski definition) is 1. The van der Waals surface area contributed by atoms with Gasteiger partial charge in [0, 0.05) is 11.6 Å². The van der Waals surface area contributed by atoms with Crippen molar-refractivity contribution in [2.24, 2.45) is 17.6 Å². The van der Waals surface area contributed by atoms with Gasteiger partial charge in [-0.1, -0.05) is 19.8 Å². The topological polar surface area (TPSA) is 29.3 Å². The first-order valence-electron chi connectivity index (χ1n) is 7.52. The highest BCUT2D eigenvalue weighted by Crippen LogP contribution is 2.36. The van der Waals surface area contributed by atoms with Gasteiger partial charge in [-0.25, -0.2) is 0 Å². The van der Waals surface area contributed by atoms with E-state index in [1.54, 1.807) is 0 Å². The molecule has 2 aliphatic rings. The van der Waals surface area contributed by atoms with E-state index in [-0.39, 0.29) is 5.54 Å². The maximum atomic E-state index is 6.63. The van der Waals surface area contributed by atoms with E-state index < -0.39 is 0 Å². The molecule has 0 aromatic heterocycles. The van der Waals surface area contributed by atoms with E-state index in [4.69, 9.17) is 5.73 Å². The molecule has 17 heavy (non-hydrogen) atoms. The first-order valence-corrected chi connectivity index (χ1v) is 7.52. The van der Waals surface area contributed by atoms with Gasteiger partial charge in [0.05, 0.1) is 0 Å². The largest absolute Gasteiger partial charge is 0.326 e. The molecule has 2 nitrogen and oxygen atoms in total. The Bertz CT molecular complexity index is 243. The Morgan fingerprint density at radius 3 is 2.35 bits per heavy atom. The zero-order chi connectivity index (χ0) is 12.5. The maximum Gasteiger partial charge on any atom is 0.0306 e. The fourth-order valence-corrected chi connectivity index (χ4v) is 3.89. The summed E-state index contributed by atoms with van der Waals surface area (Å²) >= 11 is 0. The van der Waals surface area contributed by atoms with E-state index in [9.17, 15) is 0 Å². The van der Waals surface area contributed by atoms with Crippen molar-refractivity contribution in [3.8, 4) is 0 Å². The molecule has 1 heterocycles. The van der Waals surface area contributed by atoms with Gasteiger partial charge in [0.2, 0.25) is 0 Å². The second kappa shape index (κ2) is 5.27. The highest BCUT2D eigenvalue weighted by molar-refractivity contribution is 4.97. The summed E-state index contributed by atoms with van der Waals surface area (Å²) in [6.07, 6.45) is 8.21. The molecule has 0 aromatic carbocycles. The van der Waals surface area contributed by atoms with Crippen LogP contribution in [0.5, 0.6) is 0 Å². The normalized spacial score (nSPS) is 33.9. The first kappa shape index (κ1) is 13.4. The zero-order valence-corrected chi connectivity index (χ0v) is 11.9. The molecule has 0 aromatic rings. The second-order valence-corrected chi connectivity index (χ2v) is 6.91. The fourth-order valence-electron chi connectivity index (χ4n) is 3.89. The minimum absolute atomic E-state index is 0.193. The van der Waals surface area contributed by atoms with Gasteiger partial charge >= 0.3 is 0 Å². The van der Waals surface area contributed by atoms with Crippen molar-refractivity contribution in [2.45, 2.75) is 70.9 Å². The summed E-state index contributed by atoms with van der Waals surface area (Å²) in [5, 5.41) is 0. The minimum Gasteiger partial charge on any atom is -0.326 e. The first-order chi connectivity index (χ1) is 8.01. The van der Waals surface area contributed by atoms with Crippen molar-refractivity contribution in [1.82, 2.24) is 4.90 Å². The van der Waals surface area contributed by atoms with Crippen LogP contribution in [0.2, 0.25) is 0 Å². The van der Waals surface area contributed by atoms with E-state index in [2.05, 4.69) is 25.7 Å². The minimum atomic E-state index is 0.193. The van der Waals surface area contributed by atoms with Crippen LogP contribution in [-0.4, -0.2) is 29.6 Å². The molecule has 0 spiro atoms. The van der Waals surface area contributed by atoms with Crippen molar-refractivity contribution in [2.75, 3.05) is 13.1 Å². The van der Waals surface area contributed by atoms with E-state index in [0.717, 1.165) is 11.8 Å². The molecular weight excluding hydrogens is 208 g/mol. The molecule has 2 N–H and O–H groups in total. The van der Waals surface area contributed by atoms with E-state index in [0.29, 0.717) is 6.04 Å². The van der Waals surface area contributed by atoms with Gasteiger partial charge in [-0.2, -0.15) is 0 Å². The number of nitrogens with zero attached hydrogens (tertiary/aromatic N) is 1. The molecule has 2 fully saturated rings. The average molecular weight is 238 g/mol. The van der Waals surface area contributed by atoms with E-state index in [1.165, 1.54) is 51.6 Å². The van der Waals surface area contributed by atoms with Gasteiger partial charge in [-0.3, -0.25) is 4.90 Å². The predicted molar refractivity (Wildman–Crippen MR) is 74.0 cm³/mol. The highest BCUT2D eigenvalue weighted by atomic mass is 15.2. The van der Waals surface area contributed by atoms with Crippen molar-refractivity contribution < 1.29 is 0 Å². The SMILES string of the molecule is CC1CCCC(C(N)C(C)(C)N2CCCC2)C1. The Hall–Kier alpha value is -0.0800. The van der Waals surface area contributed by atoms with Gasteiger partial charge in [-0.05, 0) is 64.5 Å². The average Bonchev–Trinajstić information content (AvgIpc) is 2.82. The third-order valence-electron chi connectivity index (χ3n) is 5.22. The molecule has 0 amide bonds. The quantitative estimate of drug-likeness (QED) is 0.819. The molecule has 100 valence electrons. The number of rotatable bonds is 3. The van der Waals surface area contributed by atoms with Crippen LogP contribution in [0.25, 0.3) is 0 Å². The molecule has 0 bridgehead atoms. The highest BCUT2D eigenvalue weighted by Gasteiger charge is 2.39. The predicted octanol–water partition coefficient (Wildman–Crippen LogP) is 3.01. The summed E-state index contributed by atoms with van der Waals surface area (Å²) in [4.78, 5) is 2.62. The molecular formula is C15H30N2. The molecule has 2 rings (SSSR count). The summed E-state index contributed by atoms with van der Waals surface area (Å²) in [5.41, 5.74) is 6.82. The summed E-state index contributed by atoms with van der Waals surface area (Å²) in [5.74, 6) is 1.63. The molecule has 1 aliphatic heterocycles. The molecule has 1 saturated heterocycles. The monoisotopic (exact) mass is 238 g/mol. The Balaban J connectivity index is 1.99. The van der Waals surface area contributed by atoms with Gasteiger partial charge in [-0.15, -0.1) is 0 Å². The van der Waals surface area contributed by atoms with E-state index in [1.807, 2.05) is 0 Å². The van der Waals surface area contributed by atoms with E-state index >= 15 is 0 Å². The van der Waals surface area contributed by atoms with Gasteiger partial charge in [0.25, 0.3) is 0 Å². The molecule has 0 radical (unpaired) electrons. The fraction of sp³-hybridized carbons (Fsp3) is 1.00. The summed E-state index contributed by atoms with van der Waals surface area (Å²) in [6.45, 7) is 9.62. The van der Waals surface area contributed by atoms with Crippen molar-refractivity contribution in [3.63, 3.8) is 0 Å². The molecule has 1 aliphatic carbocycles. The Morgan fingerprint density at radius 2 is 1.76 bits per heavy atom. The van der Waals surface area contributed by atoms with Crippen molar-refractivity contribution in [3.05, 3.63) is 0 Å². The third-order valence-corrected chi connectivity index (χ3v) is 5.22. The Labute approximate surface area is 107 Å². The van der Waals surface area contributed by atoms with Crippen LogP contribution >= 0.6 is 0 Å². The van der Waals surface area contributed by atoms with Crippen LogP contribution in [0, 0.1) is 11.8 Å². The van der Waals surface area contributed by atoms with Crippen LogP contribution in [-0.2, 0) is 0 Å². The van der Waals surface area contributed by atoms with Crippen LogP contribution < -0.4 is 5.73 Å². The number of nitrogens with two attached hydrogens (primary N) is 1. The van der Waals surface area contributed by atoms with Crippen LogP contribution in [0.3, 0.4) is 0 Å². The van der Waals surface area contributed by atoms with Crippen LogP contribution in [0.1, 0.15) is 59.3 Å². The molecule has 1 saturated carbocycles. The Kier molecular flexibility index (Phi) is 4.14. The molecule has 2 heteroatoms.